The smallest absolute Gasteiger partial charge is 0.225 e. The molecule has 6 nitrogen and oxygen atoms in total. The van der Waals surface area contributed by atoms with Gasteiger partial charge in [-0.05, 0) is 22.4 Å². The summed E-state index contributed by atoms with van der Waals surface area (Å²) in [6.45, 7) is 2.22. The molecule has 2 aromatic rings. The van der Waals surface area contributed by atoms with Crippen molar-refractivity contribution in [3.63, 3.8) is 0 Å². The molecule has 1 aliphatic rings. The van der Waals surface area contributed by atoms with Crippen LogP contribution < -0.4 is 10.6 Å². The van der Waals surface area contributed by atoms with Gasteiger partial charge in [-0.25, -0.2) is 4.98 Å². The Balaban J connectivity index is 1.66. The lowest BCUT2D eigenvalue weighted by Gasteiger charge is -2.19. The SMILES string of the molecule is CCC(=O)Nc1nc2c(s1)C(=O)CC(C(=O)NCc1ccsc1)C2. The molecular weight excluding hydrogens is 346 g/mol. The van der Waals surface area contributed by atoms with Crippen LogP contribution in [0.3, 0.4) is 0 Å². The van der Waals surface area contributed by atoms with Crippen molar-refractivity contribution in [1.29, 1.82) is 0 Å². The number of nitrogens with zero attached hydrogens (tertiary/aromatic N) is 1. The van der Waals surface area contributed by atoms with Crippen molar-refractivity contribution in [2.45, 2.75) is 32.7 Å². The minimum atomic E-state index is -0.402. The van der Waals surface area contributed by atoms with E-state index in [0.717, 1.165) is 5.56 Å². The molecule has 0 aliphatic heterocycles. The monoisotopic (exact) mass is 363 g/mol. The van der Waals surface area contributed by atoms with Gasteiger partial charge in [0.05, 0.1) is 16.5 Å². The molecular formula is C16H17N3O3S2. The third kappa shape index (κ3) is 3.70. The molecule has 0 spiro atoms. The van der Waals surface area contributed by atoms with Gasteiger partial charge in [0.2, 0.25) is 11.8 Å². The highest BCUT2D eigenvalue weighted by Crippen LogP contribution is 2.32. The van der Waals surface area contributed by atoms with Gasteiger partial charge in [-0.15, -0.1) is 0 Å². The minimum Gasteiger partial charge on any atom is -0.352 e. The number of nitrogens with one attached hydrogen (secondary N) is 2. The second-order valence-corrected chi connectivity index (χ2v) is 7.35. The first-order valence-corrected chi connectivity index (χ1v) is 9.44. The van der Waals surface area contributed by atoms with Crippen molar-refractivity contribution in [2.75, 3.05) is 5.32 Å². The lowest BCUT2D eigenvalue weighted by atomic mass is 9.89. The third-order valence-corrected chi connectivity index (χ3v) is 5.59. The molecule has 2 amide bonds. The summed E-state index contributed by atoms with van der Waals surface area (Å²) in [5.74, 6) is -0.757. The van der Waals surface area contributed by atoms with Crippen LogP contribution in [-0.4, -0.2) is 22.6 Å². The maximum absolute atomic E-state index is 12.3. The van der Waals surface area contributed by atoms with Crippen molar-refractivity contribution < 1.29 is 14.4 Å². The summed E-state index contributed by atoms with van der Waals surface area (Å²) >= 11 is 2.77. The summed E-state index contributed by atoms with van der Waals surface area (Å²) in [7, 11) is 0. The first-order valence-electron chi connectivity index (χ1n) is 7.68. The summed E-state index contributed by atoms with van der Waals surface area (Å²) in [4.78, 5) is 40.9. The number of ketones is 1. The van der Waals surface area contributed by atoms with Gasteiger partial charge in [-0.2, -0.15) is 11.3 Å². The van der Waals surface area contributed by atoms with Crippen LogP contribution in [0, 0.1) is 5.92 Å². The van der Waals surface area contributed by atoms with Crippen molar-refractivity contribution in [3.05, 3.63) is 33.0 Å². The zero-order valence-corrected chi connectivity index (χ0v) is 14.8. The number of fused-ring (bicyclic) bond motifs is 1. The number of aromatic nitrogens is 1. The van der Waals surface area contributed by atoms with Crippen molar-refractivity contribution in [1.82, 2.24) is 10.3 Å². The molecule has 2 aromatic heterocycles. The number of carbonyl (C=O) groups is 3. The predicted octanol–water partition coefficient (Wildman–Crippen LogP) is 2.61. The van der Waals surface area contributed by atoms with Crippen molar-refractivity contribution in [3.8, 4) is 0 Å². The molecule has 0 saturated heterocycles. The van der Waals surface area contributed by atoms with E-state index in [2.05, 4.69) is 15.6 Å². The summed E-state index contributed by atoms with van der Waals surface area (Å²) in [6, 6.07) is 1.96. The summed E-state index contributed by atoms with van der Waals surface area (Å²) in [6.07, 6.45) is 0.965. The molecule has 1 aliphatic carbocycles. The van der Waals surface area contributed by atoms with Gasteiger partial charge in [0.25, 0.3) is 0 Å². The number of Topliss-reactive ketones (excluding diaryl/α,β-unsaturated/α-hetero) is 1. The highest BCUT2D eigenvalue weighted by molar-refractivity contribution is 7.17. The predicted molar refractivity (Wildman–Crippen MR) is 93.3 cm³/mol. The van der Waals surface area contributed by atoms with Crippen LogP contribution in [0.4, 0.5) is 5.13 Å². The molecule has 1 atom stereocenters. The van der Waals surface area contributed by atoms with Gasteiger partial charge in [0.1, 0.15) is 0 Å². The topological polar surface area (TPSA) is 88.2 Å². The highest BCUT2D eigenvalue weighted by Gasteiger charge is 2.33. The average molecular weight is 363 g/mol. The second kappa shape index (κ2) is 7.23. The number of anilines is 1. The van der Waals surface area contributed by atoms with Gasteiger partial charge >= 0.3 is 0 Å². The summed E-state index contributed by atoms with van der Waals surface area (Å²) in [5, 5.41) is 9.92. The lowest BCUT2D eigenvalue weighted by Crippen LogP contribution is -2.35. The fraction of sp³-hybridized carbons (Fsp3) is 0.375. The van der Waals surface area contributed by atoms with Crippen LogP contribution in [0.1, 0.15) is 40.7 Å². The number of hydrogen-bond acceptors (Lipinski definition) is 6. The molecule has 0 saturated carbocycles. The molecule has 3 rings (SSSR count). The van der Waals surface area contributed by atoms with Crippen LogP contribution in [0.25, 0.3) is 0 Å². The Hall–Kier alpha value is -2.06. The molecule has 126 valence electrons. The van der Waals surface area contributed by atoms with Gasteiger partial charge in [0, 0.05) is 25.8 Å². The van der Waals surface area contributed by atoms with E-state index in [4.69, 9.17) is 0 Å². The lowest BCUT2D eigenvalue weighted by molar-refractivity contribution is -0.125. The number of thiophene rings is 1. The number of rotatable bonds is 5. The molecule has 8 heteroatoms. The van der Waals surface area contributed by atoms with Crippen LogP contribution in [0.2, 0.25) is 0 Å². The fourth-order valence-corrected chi connectivity index (χ4v) is 4.13. The van der Waals surface area contributed by atoms with Crippen LogP contribution in [0.15, 0.2) is 16.8 Å². The maximum Gasteiger partial charge on any atom is 0.225 e. The molecule has 24 heavy (non-hydrogen) atoms. The van der Waals surface area contributed by atoms with Gasteiger partial charge in [-0.1, -0.05) is 18.3 Å². The summed E-state index contributed by atoms with van der Waals surface area (Å²) < 4.78 is 0. The van der Waals surface area contributed by atoms with E-state index in [1.165, 1.54) is 11.3 Å². The minimum absolute atomic E-state index is 0.0820. The average Bonchev–Trinajstić information content (AvgIpc) is 3.21. The maximum atomic E-state index is 12.3. The van der Waals surface area contributed by atoms with Crippen molar-refractivity contribution in [2.24, 2.45) is 5.92 Å². The molecule has 0 bridgehead atoms. The molecule has 0 aromatic carbocycles. The Morgan fingerprint density at radius 1 is 1.38 bits per heavy atom. The zero-order valence-electron chi connectivity index (χ0n) is 13.1. The highest BCUT2D eigenvalue weighted by atomic mass is 32.1. The van der Waals surface area contributed by atoms with Gasteiger partial charge in [0.15, 0.2) is 10.9 Å². The van der Waals surface area contributed by atoms with E-state index in [9.17, 15) is 14.4 Å². The molecule has 2 heterocycles. The van der Waals surface area contributed by atoms with E-state index in [1.54, 1.807) is 18.3 Å². The molecule has 0 radical (unpaired) electrons. The van der Waals surface area contributed by atoms with E-state index < -0.39 is 5.92 Å². The summed E-state index contributed by atoms with van der Waals surface area (Å²) in [5.41, 5.74) is 1.66. The normalized spacial score (nSPS) is 16.5. The number of carbonyl (C=O) groups excluding carboxylic acids is 3. The first kappa shape index (κ1) is 16.8. The van der Waals surface area contributed by atoms with Gasteiger partial charge < -0.3 is 10.6 Å². The van der Waals surface area contributed by atoms with Gasteiger partial charge in [-0.3, -0.25) is 14.4 Å². The second-order valence-electron chi connectivity index (χ2n) is 5.57. The molecule has 1 unspecified atom stereocenters. The van der Waals surface area contributed by atoms with E-state index in [-0.39, 0.29) is 24.0 Å². The number of hydrogen-bond donors (Lipinski definition) is 2. The quantitative estimate of drug-likeness (QED) is 0.855. The molecule has 0 fully saturated rings. The van der Waals surface area contributed by atoms with E-state index in [1.807, 2.05) is 16.8 Å². The Kier molecular flexibility index (Phi) is 5.06. The van der Waals surface area contributed by atoms with Crippen LogP contribution >= 0.6 is 22.7 Å². The van der Waals surface area contributed by atoms with Crippen molar-refractivity contribution >= 4 is 45.4 Å². The van der Waals surface area contributed by atoms with Crippen LogP contribution in [0.5, 0.6) is 0 Å². The van der Waals surface area contributed by atoms with E-state index >= 15 is 0 Å². The van der Waals surface area contributed by atoms with E-state index in [0.29, 0.717) is 35.1 Å². The third-order valence-electron chi connectivity index (χ3n) is 3.81. The fourth-order valence-electron chi connectivity index (χ4n) is 2.50. The molecule has 2 N–H and O–H groups in total. The Morgan fingerprint density at radius 3 is 2.92 bits per heavy atom. The first-order chi connectivity index (χ1) is 11.6. The number of amides is 2. The Bertz CT molecular complexity index is 768. The Morgan fingerprint density at radius 2 is 2.21 bits per heavy atom. The Labute approximate surface area is 147 Å². The van der Waals surface area contributed by atoms with Crippen LogP contribution in [-0.2, 0) is 22.6 Å². The number of thiazole rings is 1. The standard InChI is InChI=1S/C16H17N3O3S2/c1-2-13(21)19-16-18-11-5-10(6-12(20)14(11)24-16)15(22)17-7-9-3-4-23-8-9/h3-4,8,10H,2,5-7H2,1H3,(H,17,22)(H,18,19,21). The zero-order chi connectivity index (χ0) is 17.1. The largest absolute Gasteiger partial charge is 0.352 e.